The number of benzene rings is 3. The minimum atomic E-state index is -0.358. The number of piperidine rings is 1. The van der Waals surface area contributed by atoms with Gasteiger partial charge in [-0.2, -0.15) is 0 Å². The van der Waals surface area contributed by atoms with E-state index in [0.29, 0.717) is 23.2 Å². The van der Waals surface area contributed by atoms with Gasteiger partial charge in [-0.1, -0.05) is 24.3 Å². The number of imide groups is 1. The van der Waals surface area contributed by atoms with Gasteiger partial charge in [-0.3, -0.25) is 24.2 Å². The molecule has 2 aliphatic rings. The van der Waals surface area contributed by atoms with Gasteiger partial charge < -0.3 is 0 Å². The Kier molecular flexibility index (Phi) is 5.31. The molecule has 3 aromatic rings. The third kappa shape index (κ3) is 3.71. The number of carbonyl (C=O) groups excluding carboxylic acids is 3. The largest absolute Gasteiger partial charge is 0.296 e. The molecule has 5 rings (SSSR count). The number of nitrogens with zero attached hydrogens (tertiary/aromatic N) is 2. The Balaban J connectivity index is 1.23. The molecule has 0 N–H and O–H groups in total. The molecule has 0 aliphatic carbocycles. The normalized spacial score (nSPS) is 17.2. The van der Waals surface area contributed by atoms with Crippen molar-refractivity contribution in [1.82, 2.24) is 9.80 Å². The molecule has 2 aliphatic heterocycles. The number of halogens is 1. The predicted octanol–water partition coefficient (Wildman–Crippen LogP) is 4.17. The Bertz CT molecular complexity index is 1160. The molecule has 1 saturated heterocycles. The van der Waals surface area contributed by atoms with E-state index < -0.39 is 0 Å². The van der Waals surface area contributed by atoms with Crippen LogP contribution in [-0.4, -0.2) is 53.6 Å². The summed E-state index contributed by atoms with van der Waals surface area (Å²) in [6, 6.07) is 16.7. The van der Waals surface area contributed by atoms with Crippen molar-refractivity contribution in [2.75, 3.05) is 26.2 Å². The summed E-state index contributed by atoms with van der Waals surface area (Å²) in [7, 11) is 0. The van der Waals surface area contributed by atoms with E-state index >= 15 is 0 Å². The highest BCUT2D eigenvalue weighted by atomic mass is 19.1. The first kappa shape index (κ1) is 20.5. The van der Waals surface area contributed by atoms with E-state index in [0.717, 1.165) is 36.7 Å². The lowest BCUT2D eigenvalue weighted by molar-refractivity contribution is 0.0555. The van der Waals surface area contributed by atoms with Gasteiger partial charge >= 0.3 is 0 Å². The minimum absolute atomic E-state index is 0.0328. The van der Waals surface area contributed by atoms with E-state index in [4.69, 9.17) is 0 Å². The van der Waals surface area contributed by atoms with Gasteiger partial charge in [0, 0.05) is 28.6 Å². The SMILES string of the molecule is O=C(CN1CCC(CN2C(=O)c3cccc4cccc(c34)C2=O)CC1)c1ccc(F)cc1. The number of likely N-dealkylation sites (tertiary alicyclic amines) is 1. The Hall–Kier alpha value is -3.38. The van der Waals surface area contributed by atoms with E-state index in [2.05, 4.69) is 4.90 Å². The van der Waals surface area contributed by atoms with E-state index in [9.17, 15) is 18.8 Å². The van der Waals surface area contributed by atoms with Crippen LogP contribution in [0.2, 0.25) is 0 Å². The van der Waals surface area contributed by atoms with Crippen LogP contribution in [0.5, 0.6) is 0 Å². The van der Waals surface area contributed by atoms with Crippen molar-refractivity contribution in [3.63, 3.8) is 0 Å². The Labute approximate surface area is 185 Å². The van der Waals surface area contributed by atoms with Gasteiger partial charge in [0.15, 0.2) is 5.78 Å². The molecule has 32 heavy (non-hydrogen) atoms. The van der Waals surface area contributed by atoms with Gasteiger partial charge in [0.2, 0.25) is 0 Å². The van der Waals surface area contributed by atoms with Crippen LogP contribution in [-0.2, 0) is 0 Å². The molecule has 2 amide bonds. The maximum Gasteiger partial charge on any atom is 0.261 e. The first-order valence-electron chi connectivity index (χ1n) is 10.9. The van der Waals surface area contributed by atoms with Gasteiger partial charge in [-0.25, -0.2) is 4.39 Å². The first-order valence-corrected chi connectivity index (χ1v) is 10.9. The fourth-order valence-electron chi connectivity index (χ4n) is 4.76. The van der Waals surface area contributed by atoms with Crippen molar-refractivity contribution in [3.05, 3.63) is 83.2 Å². The highest BCUT2D eigenvalue weighted by Gasteiger charge is 2.34. The van der Waals surface area contributed by atoms with Gasteiger partial charge in [-0.05, 0) is 73.6 Å². The van der Waals surface area contributed by atoms with Crippen LogP contribution in [0.15, 0.2) is 60.7 Å². The second-order valence-corrected chi connectivity index (χ2v) is 8.58. The first-order chi connectivity index (χ1) is 15.5. The molecule has 0 spiro atoms. The third-order valence-electron chi connectivity index (χ3n) is 6.54. The van der Waals surface area contributed by atoms with Crippen molar-refractivity contribution in [2.24, 2.45) is 5.92 Å². The molecule has 162 valence electrons. The van der Waals surface area contributed by atoms with Gasteiger partial charge in [0.1, 0.15) is 5.82 Å². The zero-order valence-corrected chi connectivity index (χ0v) is 17.6. The molecule has 0 atom stereocenters. The van der Waals surface area contributed by atoms with Gasteiger partial charge in [0.05, 0.1) is 6.54 Å². The fourth-order valence-corrected chi connectivity index (χ4v) is 4.76. The third-order valence-corrected chi connectivity index (χ3v) is 6.54. The van der Waals surface area contributed by atoms with Crippen molar-refractivity contribution in [2.45, 2.75) is 12.8 Å². The Morgan fingerprint density at radius 1 is 0.875 bits per heavy atom. The molecule has 3 aromatic carbocycles. The molecule has 0 unspecified atom stereocenters. The maximum absolute atomic E-state index is 13.1. The van der Waals surface area contributed by atoms with E-state index in [1.165, 1.54) is 29.2 Å². The number of ketones is 1. The van der Waals surface area contributed by atoms with Crippen LogP contribution >= 0.6 is 0 Å². The average molecular weight is 430 g/mol. The standard InChI is InChI=1S/C26H23FN2O3/c27-20-9-7-18(8-10-20)23(30)16-28-13-11-17(12-14-28)15-29-25(31)21-5-1-3-19-4-2-6-22(24(19)21)26(29)32/h1-10,17H,11-16H2. The summed E-state index contributed by atoms with van der Waals surface area (Å²) in [6.45, 7) is 2.12. The second kappa shape index (κ2) is 8.28. The van der Waals surface area contributed by atoms with Crippen molar-refractivity contribution < 1.29 is 18.8 Å². The smallest absolute Gasteiger partial charge is 0.261 e. The van der Waals surface area contributed by atoms with Crippen molar-refractivity contribution in [1.29, 1.82) is 0 Å². The summed E-state index contributed by atoms with van der Waals surface area (Å²) in [4.78, 5) is 42.1. The average Bonchev–Trinajstić information content (AvgIpc) is 2.81. The highest BCUT2D eigenvalue weighted by Crippen LogP contribution is 2.31. The molecule has 0 radical (unpaired) electrons. The summed E-state index contributed by atoms with van der Waals surface area (Å²) >= 11 is 0. The maximum atomic E-state index is 13.1. The van der Waals surface area contributed by atoms with Crippen LogP contribution in [0, 0.1) is 11.7 Å². The summed E-state index contributed by atoms with van der Waals surface area (Å²) in [6.07, 6.45) is 1.61. The number of Topliss-reactive ketones (excluding diaryl/α,β-unsaturated/α-hetero) is 1. The molecule has 1 fully saturated rings. The molecular formula is C26H23FN2O3. The molecule has 6 heteroatoms. The van der Waals surface area contributed by atoms with Crippen LogP contribution in [0.4, 0.5) is 4.39 Å². The number of rotatable bonds is 5. The Morgan fingerprint density at radius 2 is 1.47 bits per heavy atom. The van der Waals surface area contributed by atoms with Crippen molar-refractivity contribution >= 4 is 28.4 Å². The second-order valence-electron chi connectivity index (χ2n) is 8.58. The summed E-state index contributed by atoms with van der Waals surface area (Å²) < 4.78 is 13.1. The molecule has 0 saturated carbocycles. The lowest BCUT2D eigenvalue weighted by Gasteiger charge is -2.35. The molecule has 0 bridgehead atoms. The minimum Gasteiger partial charge on any atom is -0.296 e. The fraction of sp³-hybridized carbons (Fsp3) is 0.269. The monoisotopic (exact) mass is 430 g/mol. The van der Waals surface area contributed by atoms with E-state index in [-0.39, 0.29) is 35.9 Å². The van der Waals surface area contributed by atoms with E-state index in [1.807, 2.05) is 24.3 Å². The number of hydrogen-bond acceptors (Lipinski definition) is 4. The number of hydrogen-bond donors (Lipinski definition) is 0. The van der Waals surface area contributed by atoms with Gasteiger partial charge in [0.25, 0.3) is 11.8 Å². The number of amides is 2. The van der Waals surface area contributed by atoms with Crippen LogP contribution in [0.1, 0.15) is 43.9 Å². The van der Waals surface area contributed by atoms with Crippen LogP contribution in [0.25, 0.3) is 10.8 Å². The molecule has 2 heterocycles. The topological polar surface area (TPSA) is 57.7 Å². The van der Waals surface area contributed by atoms with Gasteiger partial charge in [-0.15, -0.1) is 0 Å². The highest BCUT2D eigenvalue weighted by molar-refractivity contribution is 6.25. The quantitative estimate of drug-likeness (QED) is 0.450. The summed E-state index contributed by atoms with van der Waals surface area (Å²) in [5.74, 6) is -0.649. The summed E-state index contributed by atoms with van der Waals surface area (Å²) in [5, 5.41) is 1.65. The Morgan fingerprint density at radius 3 is 2.06 bits per heavy atom. The molecular weight excluding hydrogens is 407 g/mol. The lowest BCUT2D eigenvalue weighted by atomic mass is 9.91. The van der Waals surface area contributed by atoms with Crippen molar-refractivity contribution in [3.8, 4) is 0 Å². The predicted molar refractivity (Wildman–Crippen MR) is 119 cm³/mol. The zero-order chi connectivity index (χ0) is 22.2. The van der Waals surface area contributed by atoms with E-state index in [1.54, 1.807) is 12.1 Å². The van der Waals surface area contributed by atoms with Crippen LogP contribution < -0.4 is 0 Å². The molecule has 0 aromatic heterocycles. The lowest BCUT2D eigenvalue weighted by Crippen LogP contribution is -2.46. The zero-order valence-electron chi connectivity index (χ0n) is 17.6. The van der Waals surface area contributed by atoms with Crippen LogP contribution in [0.3, 0.4) is 0 Å². The number of carbonyl (C=O) groups is 3. The molecule has 5 nitrogen and oxygen atoms in total. The summed E-state index contributed by atoms with van der Waals surface area (Å²) in [5.41, 5.74) is 1.67.